The van der Waals surface area contributed by atoms with Crippen LogP contribution in [-0.2, 0) is 11.1 Å². The maximum Gasteiger partial charge on any atom is 0.158 e. The molecular weight excluding hydrogens is 172 g/mol. The third-order valence-corrected chi connectivity index (χ3v) is 3.21. The second-order valence-electron chi connectivity index (χ2n) is 4.11. The van der Waals surface area contributed by atoms with Crippen LogP contribution in [0.15, 0.2) is 0 Å². The summed E-state index contributed by atoms with van der Waals surface area (Å²) in [4.78, 5) is 0. The van der Waals surface area contributed by atoms with E-state index in [2.05, 4.69) is 13.8 Å². The van der Waals surface area contributed by atoms with Gasteiger partial charge in [-0.2, -0.15) is 0 Å². The van der Waals surface area contributed by atoms with Crippen LogP contribution in [0.5, 0.6) is 0 Å². The third-order valence-electron chi connectivity index (χ3n) is 2.09. The van der Waals surface area contributed by atoms with Gasteiger partial charge in [0.05, 0.1) is 4.75 Å². The molecule has 0 aliphatic heterocycles. The van der Waals surface area contributed by atoms with E-state index in [1.807, 2.05) is 13.8 Å². The van der Waals surface area contributed by atoms with Gasteiger partial charge in [-0.3, -0.25) is 0 Å². The van der Waals surface area contributed by atoms with Gasteiger partial charge >= 0.3 is 0 Å². The Morgan fingerprint density at radius 2 is 2.00 bits per heavy atom. The van der Waals surface area contributed by atoms with E-state index in [1.54, 1.807) is 0 Å². The first kappa shape index (κ1) is 12.1. The summed E-state index contributed by atoms with van der Waals surface area (Å²) in [7, 11) is 0. The second kappa shape index (κ2) is 4.97. The molecule has 2 nitrogen and oxygen atoms in total. The van der Waals surface area contributed by atoms with Crippen LogP contribution < -0.4 is 0 Å². The van der Waals surface area contributed by atoms with Crippen LogP contribution in [0.3, 0.4) is 0 Å². The zero-order valence-corrected chi connectivity index (χ0v) is 9.28. The van der Waals surface area contributed by atoms with Crippen molar-refractivity contribution in [1.29, 1.82) is 0 Å². The molecule has 74 valence electrons. The first-order valence-corrected chi connectivity index (χ1v) is 5.61. The quantitative estimate of drug-likeness (QED) is 0.680. The molecule has 0 saturated heterocycles. The molecule has 0 spiro atoms. The fourth-order valence-electron chi connectivity index (χ4n) is 1.51. The lowest BCUT2D eigenvalue weighted by Crippen LogP contribution is -2.28. The molecule has 12 heavy (non-hydrogen) atoms. The number of rotatable bonds is 5. The lowest BCUT2D eigenvalue weighted by molar-refractivity contribution is 0.409. The Balaban J connectivity index is 3.96. The Morgan fingerprint density at radius 1 is 1.50 bits per heavy atom. The van der Waals surface area contributed by atoms with E-state index in [0.29, 0.717) is 5.92 Å². The average molecular weight is 192 g/mol. The summed E-state index contributed by atoms with van der Waals surface area (Å²) in [6.45, 7) is 7.96. The van der Waals surface area contributed by atoms with Gasteiger partial charge < -0.3 is 4.55 Å². The molecule has 0 aliphatic carbocycles. The lowest BCUT2D eigenvalue weighted by Gasteiger charge is -2.23. The highest BCUT2D eigenvalue weighted by Crippen LogP contribution is 2.24. The van der Waals surface area contributed by atoms with Crippen molar-refractivity contribution in [2.75, 3.05) is 0 Å². The molecule has 0 aromatic carbocycles. The lowest BCUT2D eigenvalue weighted by atomic mass is 9.94. The molecular formula is C9H20O2S. The van der Waals surface area contributed by atoms with E-state index in [0.717, 1.165) is 19.3 Å². The molecule has 0 aromatic heterocycles. The van der Waals surface area contributed by atoms with Crippen LogP contribution >= 0.6 is 0 Å². The highest BCUT2D eigenvalue weighted by molar-refractivity contribution is 7.80. The molecule has 3 heteroatoms. The fraction of sp³-hybridized carbons (Fsp3) is 1.00. The van der Waals surface area contributed by atoms with Gasteiger partial charge in [0, 0.05) is 0 Å². The Morgan fingerprint density at radius 3 is 2.33 bits per heavy atom. The Bertz CT molecular complexity index is 155. The van der Waals surface area contributed by atoms with E-state index >= 15 is 0 Å². The summed E-state index contributed by atoms with van der Waals surface area (Å²) in [6.07, 6.45) is 3.11. The largest absolute Gasteiger partial charge is 0.306 e. The number of hydrogen-bond acceptors (Lipinski definition) is 1. The van der Waals surface area contributed by atoms with Crippen LogP contribution in [0.1, 0.15) is 47.0 Å². The summed E-state index contributed by atoms with van der Waals surface area (Å²) in [5, 5.41) is 0. The van der Waals surface area contributed by atoms with Gasteiger partial charge in [0.2, 0.25) is 0 Å². The van der Waals surface area contributed by atoms with E-state index < -0.39 is 15.8 Å². The molecule has 0 bridgehead atoms. The van der Waals surface area contributed by atoms with E-state index in [-0.39, 0.29) is 0 Å². The molecule has 0 fully saturated rings. The summed E-state index contributed by atoms with van der Waals surface area (Å²) in [5.41, 5.74) is 0. The Hall–Kier alpha value is 0.110. The normalized spacial score (nSPS) is 17.4. The van der Waals surface area contributed by atoms with Crippen molar-refractivity contribution >= 4 is 11.1 Å². The van der Waals surface area contributed by atoms with Gasteiger partial charge in [0.25, 0.3) is 0 Å². The predicted molar refractivity (Wildman–Crippen MR) is 53.5 cm³/mol. The summed E-state index contributed by atoms with van der Waals surface area (Å²) < 4.78 is 19.4. The molecule has 1 N–H and O–H groups in total. The van der Waals surface area contributed by atoms with E-state index in [9.17, 15) is 4.21 Å². The predicted octanol–water partition coefficient (Wildman–Crippen LogP) is 2.81. The van der Waals surface area contributed by atoms with Crippen LogP contribution in [0.25, 0.3) is 0 Å². The molecule has 2 atom stereocenters. The van der Waals surface area contributed by atoms with Crippen molar-refractivity contribution < 1.29 is 8.76 Å². The third kappa shape index (κ3) is 4.21. The van der Waals surface area contributed by atoms with Crippen molar-refractivity contribution in [2.45, 2.75) is 51.7 Å². The molecule has 0 saturated carbocycles. The smallest absolute Gasteiger partial charge is 0.158 e. The maximum absolute atomic E-state index is 10.9. The summed E-state index contributed by atoms with van der Waals surface area (Å²) in [6, 6.07) is 0. The first-order chi connectivity index (χ1) is 5.40. The molecule has 0 amide bonds. The van der Waals surface area contributed by atoms with Crippen LogP contribution in [0.2, 0.25) is 0 Å². The molecule has 0 aromatic rings. The van der Waals surface area contributed by atoms with Gasteiger partial charge in [0.1, 0.15) is 0 Å². The fourth-order valence-corrected chi connectivity index (χ4v) is 1.93. The van der Waals surface area contributed by atoms with Gasteiger partial charge in [-0.25, -0.2) is 4.21 Å². The monoisotopic (exact) mass is 192 g/mol. The van der Waals surface area contributed by atoms with Crippen LogP contribution in [-0.4, -0.2) is 13.5 Å². The molecule has 0 rings (SSSR count). The average Bonchev–Trinajstić information content (AvgIpc) is 1.85. The highest BCUT2D eigenvalue weighted by Gasteiger charge is 2.26. The minimum Gasteiger partial charge on any atom is -0.306 e. The second-order valence-corrected chi connectivity index (χ2v) is 5.71. The minimum atomic E-state index is -1.70. The van der Waals surface area contributed by atoms with Gasteiger partial charge in [0.15, 0.2) is 11.1 Å². The topological polar surface area (TPSA) is 37.3 Å². The van der Waals surface area contributed by atoms with E-state index in [4.69, 9.17) is 4.55 Å². The molecule has 2 unspecified atom stereocenters. The Labute approximate surface area is 78.0 Å². The van der Waals surface area contributed by atoms with Crippen LogP contribution in [0, 0.1) is 5.92 Å². The molecule has 0 heterocycles. The SMILES string of the molecule is CCCC(C)CC(C)(C)S(=O)O. The van der Waals surface area contributed by atoms with Gasteiger partial charge in [-0.05, 0) is 26.2 Å². The van der Waals surface area contributed by atoms with Gasteiger partial charge in [-0.15, -0.1) is 0 Å². The summed E-state index contributed by atoms with van der Waals surface area (Å²) in [5.74, 6) is 0.543. The van der Waals surface area contributed by atoms with Crippen molar-refractivity contribution in [3.63, 3.8) is 0 Å². The zero-order valence-electron chi connectivity index (χ0n) is 8.46. The van der Waals surface area contributed by atoms with Crippen molar-refractivity contribution in [3.8, 4) is 0 Å². The van der Waals surface area contributed by atoms with E-state index in [1.165, 1.54) is 0 Å². The van der Waals surface area contributed by atoms with Crippen molar-refractivity contribution in [3.05, 3.63) is 0 Å². The van der Waals surface area contributed by atoms with Crippen molar-refractivity contribution in [2.24, 2.45) is 5.92 Å². The highest BCUT2D eigenvalue weighted by atomic mass is 32.2. The van der Waals surface area contributed by atoms with Crippen LogP contribution in [0.4, 0.5) is 0 Å². The first-order valence-electron chi connectivity index (χ1n) is 4.51. The molecule has 0 radical (unpaired) electrons. The summed E-state index contributed by atoms with van der Waals surface area (Å²) >= 11 is -1.70. The molecule has 0 aliphatic rings. The maximum atomic E-state index is 10.9. The standard InChI is InChI=1S/C9H20O2S/c1-5-6-8(2)7-9(3,4)12(10)11/h8H,5-7H2,1-4H3,(H,10,11). The zero-order chi connectivity index (χ0) is 9.78. The minimum absolute atomic E-state index is 0.450. The van der Waals surface area contributed by atoms with Gasteiger partial charge in [-0.1, -0.05) is 26.7 Å². The number of hydrogen-bond donors (Lipinski definition) is 1. The van der Waals surface area contributed by atoms with Crippen molar-refractivity contribution in [1.82, 2.24) is 0 Å². The Kier molecular flexibility index (Phi) is 5.02.